The molecule has 0 heterocycles. The first-order chi connectivity index (χ1) is 14.0. The van der Waals surface area contributed by atoms with Gasteiger partial charge in [0.2, 0.25) is 0 Å². The van der Waals surface area contributed by atoms with Crippen molar-refractivity contribution in [3.05, 3.63) is 83.4 Å². The van der Waals surface area contributed by atoms with Crippen molar-refractivity contribution in [3.8, 4) is 11.5 Å². The number of aryl methyl sites for hydroxylation is 2. The van der Waals surface area contributed by atoms with Crippen LogP contribution in [-0.2, 0) is 4.79 Å². The molecule has 0 aliphatic carbocycles. The highest BCUT2D eigenvalue weighted by Crippen LogP contribution is 2.32. The summed E-state index contributed by atoms with van der Waals surface area (Å²) in [4.78, 5) is 13.2. The highest BCUT2D eigenvalue weighted by atomic mass is 16.5. The molecule has 0 radical (unpaired) electrons. The van der Waals surface area contributed by atoms with Crippen LogP contribution in [0, 0.1) is 13.8 Å². The molecule has 5 heteroatoms. The van der Waals surface area contributed by atoms with E-state index in [1.165, 1.54) is 0 Å². The van der Waals surface area contributed by atoms with Crippen LogP contribution < -0.4 is 20.1 Å². The summed E-state index contributed by atoms with van der Waals surface area (Å²) in [7, 11) is 3.18. The number of amides is 1. The molecule has 0 aliphatic heterocycles. The Balaban J connectivity index is 1.91. The Hall–Kier alpha value is -3.47. The van der Waals surface area contributed by atoms with Crippen molar-refractivity contribution in [1.82, 2.24) is 0 Å². The van der Waals surface area contributed by atoms with Gasteiger partial charge in [-0.05, 0) is 48.7 Å². The van der Waals surface area contributed by atoms with Gasteiger partial charge in [0.25, 0.3) is 5.91 Å². The minimum Gasteiger partial charge on any atom is -0.493 e. The molecule has 2 N–H and O–H groups in total. The van der Waals surface area contributed by atoms with Gasteiger partial charge in [0.15, 0.2) is 11.5 Å². The van der Waals surface area contributed by atoms with E-state index >= 15 is 0 Å². The van der Waals surface area contributed by atoms with E-state index in [0.29, 0.717) is 11.5 Å². The lowest BCUT2D eigenvalue weighted by Gasteiger charge is -2.21. The van der Waals surface area contributed by atoms with Gasteiger partial charge in [-0.3, -0.25) is 4.79 Å². The Bertz CT molecular complexity index is 987. The van der Waals surface area contributed by atoms with Gasteiger partial charge in [0.1, 0.15) is 6.04 Å². The quantitative estimate of drug-likeness (QED) is 0.588. The highest BCUT2D eigenvalue weighted by molar-refractivity contribution is 5.98. The molecule has 0 fully saturated rings. The van der Waals surface area contributed by atoms with E-state index in [2.05, 4.69) is 10.6 Å². The smallest absolute Gasteiger partial charge is 0.251 e. The summed E-state index contributed by atoms with van der Waals surface area (Å²) in [6.45, 7) is 3.99. The van der Waals surface area contributed by atoms with Crippen molar-refractivity contribution in [2.45, 2.75) is 19.9 Å². The monoisotopic (exact) mass is 390 g/mol. The number of carbonyl (C=O) groups excluding carboxylic acids is 1. The van der Waals surface area contributed by atoms with Crippen LogP contribution in [0.5, 0.6) is 11.5 Å². The number of hydrogen-bond donors (Lipinski definition) is 2. The molecule has 3 rings (SSSR count). The summed E-state index contributed by atoms with van der Waals surface area (Å²) in [6, 6.07) is 20.6. The molecule has 0 saturated heterocycles. The van der Waals surface area contributed by atoms with E-state index in [0.717, 1.165) is 28.1 Å². The van der Waals surface area contributed by atoms with Crippen LogP contribution in [0.4, 0.5) is 11.4 Å². The molecule has 0 unspecified atom stereocenters. The Labute approximate surface area is 171 Å². The average Bonchev–Trinajstić information content (AvgIpc) is 2.74. The normalized spacial score (nSPS) is 11.4. The molecule has 5 nitrogen and oxygen atoms in total. The summed E-state index contributed by atoms with van der Waals surface area (Å²) in [5, 5.41) is 6.39. The van der Waals surface area contributed by atoms with Crippen LogP contribution in [0.3, 0.4) is 0 Å². The second-order valence-electron chi connectivity index (χ2n) is 6.87. The molecular weight excluding hydrogens is 364 g/mol. The molecule has 0 saturated carbocycles. The zero-order valence-corrected chi connectivity index (χ0v) is 17.2. The zero-order chi connectivity index (χ0) is 20.8. The van der Waals surface area contributed by atoms with E-state index in [4.69, 9.17) is 9.47 Å². The summed E-state index contributed by atoms with van der Waals surface area (Å²) in [5.74, 6) is 1.09. The SMILES string of the molecule is COc1ccc(N[C@H](C(=O)Nc2cc(C)ccc2C)c2ccccc2)cc1OC. The van der Waals surface area contributed by atoms with E-state index < -0.39 is 6.04 Å². The number of rotatable bonds is 7. The molecule has 0 aromatic heterocycles. The molecule has 29 heavy (non-hydrogen) atoms. The molecular formula is C24H26N2O3. The summed E-state index contributed by atoms with van der Waals surface area (Å²) in [6.07, 6.45) is 0. The van der Waals surface area contributed by atoms with Gasteiger partial charge in [-0.25, -0.2) is 0 Å². The van der Waals surface area contributed by atoms with Crippen molar-refractivity contribution in [1.29, 1.82) is 0 Å². The Morgan fingerprint density at radius 2 is 1.59 bits per heavy atom. The first kappa shape index (κ1) is 20.3. The van der Waals surface area contributed by atoms with E-state index in [9.17, 15) is 4.79 Å². The van der Waals surface area contributed by atoms with E-state index in [1.54, 1.807) is 14.2 Å². The molecule has 0 bridgehead atoms. The van der Waals surface area contributed by atoms with Crippen LogP contribution >= 0.6 is 0 Å². The maximum Gasteiger partial charge on any atom is 0.251 e. The highest BCUT2D eigenvalue weighted by Gasteiger charge is 2.22. The lowest BCUT2D eigenvalue weighted by Crippen LogP contribution is -2.27. The molecule has 150 valence electrons. The van der Waals surface area contributed by atoms with Crippen LogP contribution in [0.25, 0.3) is 0 Å². The van der Waals surface area contributed by atoms with Gasteiger partial charge in [-0.15, -0.1) is 0 Å². The largest absolute Gasteiger partial charge is 0.493 e. The lowest BCUT2D eigenvalue weighted by atomic mass is 10.0. The molecule has 0 spiro atoms. The third-order valence-corrected chi connectivity index (χ3v) is 4.74. The Kier molecular flexibility index (Phi) is 6.39. The maximum absolute atomic E-state index is 13.2. The van der Waals surface area contributed by atoms with Gasteiger partial charge in [-0.2, -0.15) is 0 Å². The van der Waals surface area contributed by atoms with Gasteiger partial charge < -0.3 is 20.1 Å². The van der Waals surface area contributed by atoms with Crippen LogP contribution in [0.2, 0.25) is 0 Å². The topological polar surface area (TPSA) is 59.6 Å². The van der Waals surface area contributed by atoms with Gasteiger partial charge in [0, 0.05) is 17.4 Å². The molecule has 3 aromatic rings. The standard InChI is InChI=1S/C24H26N2O3/c1-16-10-11-17(2)20(14-16)26-24(27)23(18-8-6-5-7-9-18)25-19-12-13-21(28-3)22(15-19)29-4/h5-15,23,25H,1-4H3,(H,26,27)/t23-/m0/s1. The predicted octanol–water partition coefficient (Wildman–Crippen LogP) is 5.11. The number of hydrogen-bond acceptors (Lipinski definition) is 4. The molecule has 1 amide bonds. The van der Waals surface area contributed by atoms with Crippen molar-refractivity contribution < 1.29 is 14.3 Å². The minimum atomic E-state index is -0.575. The maximum atomic E-state index is 13.2. The number of nitrogens with one attached hydrogen (secondary N) is 2. The van der Waals surface area contributed by atoms with Crippen LogP contribution in [0.15, 0.2) is 66.7 Å². The predicted molar refractivity (Wildman–Crippen MR) is 117 cm³/mol. The first-order valence-corrected chi connectivity index (χ1v) is 9.43. The molecule has 1 atom stereocenters. The van der Waals surface area contributed by atoms with E-state index in [1.807, 2.05) is 80.6 Å². The molecule has 3 aromatic carbocycles. The van der Waals surface area contributed by atoms with Crippen LogP contribution in [0.1, 0.15) is 22.7 Å². The third-order valence-electron chi connectivity index (χ3n) is 4.74. The first-order valence-electron chi connectivity index (χ1n) is 9.43. The van der Waals surface area contributed by atoms with Crippen molar-refractivity contribution in [2.75, 3.05) is 24.9 Å². The van der Waals surface area contributed by atoms with Gasteiger partial charge >= 0.3 is 0 Å². The average molecular weight is 390 g/mol. The summed E-state index contributed by atoms with van der Waals surface area (Å²) < 4.78 is 10.7. The summed E-state index contributed by atoms with van der Waals surface area (Å²) in [5.41, 5.74) is 4.54. The number of methoxy groups -OCH3 is 2. The second-order valence-corrected chi connectivity index (χ2v) is 6.87. The van der Waals surface area contributed by atoms with Gasteiger partial charge in [0.05, 0.1) is 14.2 Å². The lowest BCUT2D eigenvalue weighted by molar-refractivity contribution is -0.117. The molecule has 0 aliphatic rings. The minimum absolute atomic E-state index is 0.139. The number of ether oxygens (including phenoxy) is 2. The van der Waals surface area contributed by atoms with E-state index in [-0.39, 0.29) is 5.91 Å². The fraction of sp³-hybridized carbons (Fsp3) is 0.208. The fourth-order valence-electron chi connectivity index (χ4n) is 3.11. The summed E-state index contributed by atoms with van der Waals surface area (Å²) >= 11 is 0. The number of carbonyl (C=O) groups is 1. The van der Waals surface area contributed by atoms with Crippen LogP contribution in [-0.4, -0.2) is 20.1 Å². The Morgan fingerprint density at radius 1 is 0.862 bits per heavy atom. The Morgan fingerprint density at radius 3 is 2.28 bits per heavy atom. The fourth-order valence-corrected chi connectivity index (χ4v) is 3.11. The number of anilines is 2. The van der Waals surface area contributed by atoms with Crippen molar-refractivity contribution >= 4 is 17.3 Å². The number of benzene rings is 3. The van der Waals surface area contributed by atoms with Gasteiger partial charge in [-0.1, -0.05) is 42.5 Å². The third kappa shape index (κ3) is 4.88. The van der Waals surface area contributed by atoms with Crippen molar-refractivity contribution in [2.24, 2.45) is 0 Å². The second kappa shape index (κ2) is 9.15. The van der Waals surface area contributed by atoms with Crippen molar-refractivity contribution in [3.63, 3.8) is 0 Å². The zero-order valence-electron chi connectivity index (χ0n) is 17.2.